The Morgan fingerprint density at radius 2 is 2.17 bits per heavy atom. The Morgan fingerprint density at radius 1 is 1.30 bits per heavy atom. The second kappa shape index (κ2) is 7.41. The van der Waals surface area contributed by atoms with Crippen molar-refractivity contribution < 1.29 is 9.59 Å². The molecular weight excluding hydrogens is 326 g/mol. The molecule has 1 amide bonds. The number of carbonyl (C=O) groups is 2. The molecule has 0 N–H and O–H groups in total. The number of nitrogens with zero attached hydrogens (tertiary/aromatic N) is 1. The van der Waals surface area contributed by atoms with Crippen molar-refractivity contribution in [3.05, 3.63) is 44.3 Å². The largest absolute Gasteiger partial charge is 0.336 e. The van der Waals surface area contributed by atoms with Crippen LogP contribution in [0.1, 0.15) is 57.5 Å². The van der Waals surface area contributed by atoms with Crippen molar-refractivity contribution in [1.29, 1.82) is 0 Å². The summed E-state index contributed by atoms with van der Waals surface area (Å²) in [6, 6.07) is 6.31. The Kier molecular flexibility index (Phi) is 5.28. The van der Waals surface area contributed by atoms with Crippen molar-refractivity contribution in [3.63, 3.8) is 0 Å². The number of hydrogen-bond donors (Lipinski definition) is 0. The zero-order valence-corrected chi connectivity index (χ0v) is 14.9. The SMILES string of the molecule is CC(=O)c1cc(C(=O)N2CCCC[C@H]2CCc2cccs2)cs1. The first-order valence-electron chi connectivity index (χ1n) is 8.08. The van der Waals surface area contributed by atoms with Crippen LogP contribution in [0.3, 0.4) is 0 Å². The van der Waals surface area contributed by atoms with Gasteiger partial charge in [-0.25, -0.2) is 0 Å². The molecule has 0 saturated carbocycles. The number of hydrogen-bond acceptors (Lipinski definition) is 4. The van der Waals surface area contributed by atoms with E-state index in [9.17, 15) is 9.59 Å². The number of Topliss-reactive ketones (excluding diaryl/α,β-unsaturated/α-hetero) is 1. The van der Waals surface area contributed by atoms with Gasteiger partial charge in [0.1, 0.15) is 0 Å². The van der Waals surface area contributed by atoms with Gasteiger partial charge in [-0.3, -0.25) is 9.59 Å². The molecule has 1 saturated heterocycles. The molecule has 0 aliphatic carbocycles. The Labute approximate surface area is 144 Å². The summed E-state index contributed by atoms with van der Waals surface area (Å²) >= 11 is 3.15. The number of rotatable bonds is 5. The molecule has 0 bridgehead atoms. The average molecular weight is 348 g/mol. The van der Waals surface area contributed by atoms with Gasteiger partial charge < -0.3 is 4.90 Å². The summed E-state index contributed by atoms with van der Waals surface area (Å²) in [4.78, 5) is 28.4. The number of thiophene rings is 2. The summed E-state index contributed by atoms with van der Waals surface area (Å²) in [6.07, 6.45) is 5.41. The summed E-state index contributed by atoms with van der Waals surface area (Å²) in [7, 11) is 0. The molecular formula is C18H21NO2S2. The van der Waals surface area contributed by atoms with E-state index in [1.807, 2.05) is 10.3 Å². The highest BCUT2D eigenvalue weighted by atomic mass is 32.1. The molecule has 0 spiro atoms. The Morgan fingerprint density at radius 3 is 2.87 bits per heavy atom. The van der Waals surface area contributed by atoms with Crippen LogP contribution in [0.2, 0.25) is 0 Å². The summed E-state index contributed by atoms with van der Waals surface area (Å²) in [5.74, 6) is 0.117. The van der Waals surface area contributed by atoms with Crippen LogP contribution >= 0.6 is 22.7 Å². The quantitative estimate of drug-likeness (QED) is 0.739. The molecule has 2 aromatic heterocycles. The molecule has 3 heterocycles. The van der Waals surface area contributed by atoms with Crippen LogP contribution < -0.4 is 0 Å². The van der Waals surface area contributed by atoms with E-state index in [4.69, 9.17) is 0 Å². The second-order valence-corrected chi connectivity index (χ2v) is 7.97. The fourth-order valence-corrected chi connectivity index (χ4v) is 4.64. The highest BCUT2D eigenvalue weighted by Crippen LogP contribution is 2.26. The van der Waals surface area contributed by atoms with Crippen LogP contribution in [0.4, 0.5) is 0 Å². The van der Waals surface area contributed by atoms with Gasteiger partial charge in [0, 0.05) is 22.8 Å². The number of amides is 1. The van der Waals surface area contributed by atoms with Gasteiger partial charge in [0.05, 0.1) is 10.4 Å². The van der Waals surface area contributed by atoms with Gasteiger partial charge in [0.25, 0.3) is 5.91 Å². The van der Waals surface area contributed by atoms with Crippen LogP contribution in [0.25, 0.3) is 0 Å². The highest BCUT2D eigenvalue weighted by molar-refractivity contribution is 7.12. The maximum atomic E-state index is 12.8. The van der Waals surface area contributed by atoms with Gasteiger partial charge in [-0.15, -0.1) is 22.7 Å². The normalized spacial score (nSPS) is 18.1. The number of aryl methyl sites for hydroxylation is 1. The highest BCUT2D eigenvalue weighted by Gasteiger charge is 2.28. The first kappa shape index (κ1) is 16.4. The molecule has 1 aliphatic rings. The van der Waals surface area contributed by atoms with E-state index in [1.54, 1.807) is 24.3 Å². The number of piperidine rings is 1. The van der Waals surface area contributed by atoms with Crippen molar-refractivity contribution in [2.45, 2.75) is 45.1 Å². The van der Waals surface area contributed by atoms with Gasteiger partial charge >= 0.3 is 0 Å². The van der Waals surface area contributed by atoms with Crippen molar-refractivity contribution in [2.75, 3.05) is 6.54 Å². The fraction of sp³-hybridized carbons (Fsp3) is 0.444. The smallest absolute Gasteiger partial charge is 0.254 e. The average Bonchev–Trinajstić information content (AvgIpc) is 3.24. The molecule has 23 heavy (non-hydrogen) atoms. The number of likely N-dealkylation sites (tertiary alicyclic amines) is 1. The Hall–Kier alpha value is -1.46. The van der Waals surface area contributed by atoms with Gasteiger partial charge in [0.15, 0.2) is 5.78 Å². The molecule has 1 fully saturated rings. The molecule has 3 nitrogen and oxygen atoms in total. The first-order chi connectivity index (χ1) is 11.1. The molecule has 1 aliphatic heterocycles. The van der Waals surface area contributed by atoms with Crippen LogP contribution in [-0.2, 0) is 6.42 Å². The molecule has 0 aromatic carbocycles. The third-order valence-corrected chi connectivity index (χ3v) is 6.35. The molecule has 3 rings (SSSR count). The zero-order valence-electron chi connectivity index (χ0n) is 13.3. The minimum absolute atomic E-state index is 0.0296. The second-order valence-electron chi connectivity index (χ2n) is 6.02. The van der Waals surface area contributed by atoms with Gasteiger partial charge in [0.2, 0.25) is 0 Å². The summed E-state index contributed by atoms with van der Waals surface area (Å²) in [5.41, 5.74) is 0.670. The van der Waals surface area contributed by atoms with E-state index >= 15 is 0 Å². The van der Waals surface area contributed by atoms with E-state index in [-0.39, 0.29) is 11.7 Å². The number of carbonyl (C=O) groups excluding carboxylic acids is 2. The van der Waals surface area contributed by atoms with E-state index in [0.717, 1.165) is 32.2 Å². The topological polar surface area (TPSA) is 37.4 Å². The Balaban J connectivity index is 1.69. The molecule has 0 radical (unpaired) electrons. The summed E-state index contributed by atoms with van der Waals surface area (Å²) in [5, 5.41) is 3.93. The lowest BCUT2D eigenvalue weighted by atomic mass is 9.97. The standard InChI is InChI=1S/C18H21NO2S2/c1-13(20)17-11-14(12-23-17)18(21)19-9-3-2-5-15(19)7-8-16-6-4-10-22-16/h4,6,10-12,15H,2-3,5,7-9H2,1H3/t15-/m0/s1. The third-order valence-electron chi connectivity index (χ3n) is 4.39. The lowest BCUT2D eigenvalue weighted by Gasteiger charge is -2.35. The van der Waals surface area contributed by atoms with E-state index in [2.05, 4.69) is 17.5 Å². The molecule has 0 unspecified atom stereocenters. The maximum absolute atomic E-state index is 12.8. The van der Waals surface area contributed by atoms with Gasteiger partial charge in [-0.2, -0.15) is 0 Å². The van der Waals surface area contributed by atoms with Crippen LogP contribution in [-0.4, -0.2) is 29.2 Å². The maximum Gasteiger partial charge on any atom is 0.254 e. The van der Waals surface area contributed by atoms with E-state index in [1.165, 1.54) is 22.6 Å². The number of ketones is 1. The summed E-state index contributed by atoms with van der Waals surface area (Å²) < 4.78 is 0. The van der Waals surface area contributed by atoms with Gasteiger partial charge in [-0.05, 0) is 56.5 Å². The lowest BCUT2D eigenvalue weighted by molar-refractivity contribution is 0.0603. The van der Waals surface area contributed by atoms with Crippen molar-refractivity contribution >= 4 is 34.4 Å². The molecule has 5 heteroatoms. The zero-order chi connectivity index (χ0) is 16.2. The van der Waals surface area contributed by atoms with Crippen molar-refractivity contribution in [2.24, 2.45) is 0 Å². The Bertz CT molecular complexity index is 675. The van der Waals surface area contributed by atoms with Crippen LogP contribution in [0.15, 0.2) is 29.0 Å². The molecule has 122 valence electrons. The van der Waals surface area contributed by atoms with Crippen molar-refractivity contribution in [3.8, 4) is 0 Å². The lowest BCUT2D eigenvalue weighted by Crippen LogP contribution is -2.43. The third kappa shape index (κ3) is 3.90. The minimum atomic E-state index is 0.0296. The predicted octanol–water partition coefficient (Wildman–Crippen LogP) is 4.64. The van der Waals surface area contributed by atoms with E-state index in [0.29, 0.717) is 16.5 Å². The summed E-state index contributed by atoms with van der Waals surface area (Å²) in [6.45, 7) is 2.38. The van der Waals surface area contributed by atoms with E-state index < -0.39 is 0 Å². The van der Waals surface area contributed by atoms with Crippen LogP contribution in [0, 0.1) is 0 Å². The predicted molar refractivity (Wildman–Crippen MR) is 95.6 cm³/mol. The minimum Gasteiger partial charge on any atom is -0.336 e. The molecule has 2 aromatic rings. The van der Waals surface area contributed by atoms with Crippen molar-refractivity contribution in [1.82, 2.24) is 4.90 Å². The first-order valence-corrected chi connectivity index (χ1v) is 9.84. The molecule has 1 atom stereocenters. The fourth-order valence-electron chi connectivity index (χ4n) is 3.13. The van der Waals surface area contributed by atoms with Gasteiger partial charge in [-0.1, -0.05) is 6.07 Å². The van der Waals surface area contributed by atoms with Crippen LogP contribution in [0.5, 0.6) is 0 Å². The monoisotopic (exact) mass is 347 g/mol.